The van der Waals surface area contributed by atoms with Crippen molar-refractivity contribution in [3.8, 4) is 11.8 Å². The van der Waals surface area contributed by atoms with Crippen molar-refractivity contribution in [2.75, 3.05) is 7.05 Å². The first-order chi connectivity index (χ1) is 18.8. The van der Waals surface area contributed by atoms with Crippen molar-refractivity contribution < 1.29 is 22.7 Å². The summed E-state index contributed by atoms with van der Waals surface area (Å²) in [4.78, 5) is 27.3. The smallest absolute Gasteiger partial charge is 0.324 e. The predicted molar refractivity (Wildman–Crippen MR) is 156 cm³/mol. The molecule has 210 valence electrons. The fraction of sp³-hybridized carbons (Fsp3) is 0.312. The third-order valence-corrected chi connectivity index (χ3v) is 7.38. The SMILES string of the molecule is Cc1ccc(C#Cc2ccc(S(=O)(=O)N[C@H](CCC(=O)N(C)Cc3ccccc3)C(=O)OC(C)(C)C)cc2)cc1. The standard InChI is InChI=1S/C32H36N2O5S/c1-24-11-13-25(14-12-24)15-16-26-17-19-28(20-18-26)40(37,38)33-29(31(36)39-32(2,3)4)21-22-30(35)34(5)23-27-9-7-6-8-10-27/h6-14,17-20,29,33H,21-23H2,1-5H3/t29-/m1/s1. The molecular weight excluding hydrogens is 524 g/mol. The lowest BCUT2D eigenvalue weighted by molar-refractivity contribution is -0.157. The largest absolute Gasteiger partial charge is 0.459 e. The Morgan fingerprint density at radius 1 is 0.900 bits per heavy atom. The van der Waals surface area contributed by atoms with E-state index in [-0.39, 0.29) is 23.6 Å². The monoisotopic (exact) mass is 560 g/mol. The predicted octanol–water partition coefficient (Wildman–Crippen LogP) is 4.82. The molecule has 7 nitrogen and oxygen atoms in total. The van der Waals surface area contributed by atoms with Crippen LogP contribution in [-0.4, -0.2) is 43.9 Å². The number of carbonyl (C=O) groups is 2. The van der Waals surface area contributed by atoms with Gasteiger partial charge in [-0.05, 0) is 76.1 Å². The third-order valence-electron chi connectivity index (χ3n) is 5.89. The van der Waals surface area contributed by atoms with Gasteiger partial charge in [0.25, 0.3) is 0 Å². The van der Waals surface area contributed by atoms with Gasteiger partial charge in [0, 0.05) is 31.1 Å². The molecule has 1 amide bonds. The zero-order valence-corrected chi connectivity index (χ0v) is 24.4. The molecule has 0 aliphatic rings. The second kappa shape index (κ2) is 13.4. The first-order valence-corrected chi connectivity index (χ1v) is 14.5. The number of sulfonamides is 1. The molecule has 0 bridgehead atoms. The van der Waals surface area contributed by atoms with E-state index in [0.717, 1.165) is 16.7 Å². The molecular formula is C32H36N2O5S. The quantitative estimate of drug-likeness (QED) is 0.299. The van der Waals surface area contributed by atoms with Crippen LogP contribution in [0.15, 0.2) is 83.8 Å². The van der Waals surface area contributed by atoms with Gasteiger partial charge in [0.15, 0.2) is 0 Å². The molecule has 3 aromatic carbocycles. The van der Waals surface area contributed by atoms with E-state index in [1.165, 1.54) is 12.1 Å². The van der Waals surface area contributed by atoms with Gasteiger partial charge in [-0.3, -0.25) is 9.59 Å². The molecule has 3 rings (SSSR count). The maximum Gasteiger partial charge on any atom is 0.324 e. The van der Waals surface area contributed by atoms with Crippen molar-refractivity contribution >= 4 is 21.9 Å². The van der Waals surface area contributed by atoms with Gasteiger partial charge in [0.05, 0.1) is 4.90 Å². The number of aryl methyl sites for hydroxylation is 1. The highest BCUT2D eigenvalue weighted by Crippen LogP contribution is 2.16. The average molecular weight is 561 g/mol. The topological polar surface area (TPSA) is 92.8 Å². The van der Waals surface area contributed by atoms with E-state index < -0.39 is 27.6 Å². The van der Waals surface area contributed by atoms with E-state index in [9.17, 15) is 18.0 Å². The summed E-state index contributed by atoms with van der Waals surface area (Å²) in [5.41, 5.74) is 2.78. The summed E-state index contributed by atoms with van der Waals surface area (Å²) in [5.74, 6) is 5.12. The van der Waals surface area contributed by atoms with Crippen molar-refractivity contribution in [1.29, 1.82) is 0 Å². The second-order valence-corrected chi connectivity index (χ2v) is 12.3. The zero-order chi connectivity index (χ0) is 29.3. The number of nitrogens with zero attached hydrogens (tertiary/aromatic N) is 1. The van der Waals surface area contributed by atoms with E-state index >= 15 is 0 Å². The van der Waals surface area contributed by atoms with Crippen molar-refractivity contribution in [3.63, 3.8) is 0 Å². The van der Waals surface area contributed by atoms with E-state index in [4.69, 9.17) is 4.74 Å². The molecule has 0 aromatic heterocycles. The van der Waals surface area contributed by atoms with Crippen LogP contribution in [0.2, 0.25) is 0 Å². The summed E-state index contributed by atoms with van der Waals surface area (Å²) in [6.45, 7) is 7.50. The fourth-order valence-electron chi connectivity index (χ4n) is 3.76. The zero-order valence-electron chi connectivity index (χ0n) is 23.6. The number of esters is 1. The van der Waals surface area contributed by atoms with Gasteiger partial charge in [-0.1, -0.05) is 59.9 Å². The fourth-order valence-corrected chi connectivity index (χ4v) is 4.98. The number of carbonyl (C=O) groups excluding carboxylic acids is 2. The van der Waals surface area contributed by atoms with E-state index in [1.807, 2.05) is 61.5 Å². The van der Waals surface area contributed by atoms with Crippen LogP contribution in [0.4, 0.5) is 0 Å². The van der Waals surface area contributed by atoms with Gasteiger partial charge in [-0.15, -0.1) is 0 Å². The summed E-state index contributed by atoms with van der Waals surface area (Å²) < 4.78 is 34.3. The van der Waals surface area contributed by atoms with E-state index in [0.29, 0.717) is 12.1 Å². The lowest BCUT2D eigenvalue weighted by Crippen LogP contribution is -2.44. The number of hydrogen-bond acceptors (Lipinski definition) is 5. The minimum Gasteiger partial charge on any atom is -0.459 e. The Labute approximate surface area is 237 Å². The van der Waals surface area contributed by atoms with E-state index in [2.05, 4.69) is 16.6 Å². The van der Waals surface area contributed by atoms with Gasteiger partial charge in [0.1, 0.15) is 11.6 Å². The van der Waals surface area contributed by atoms with Gasteiger partial charge in [-0.2, -0.15) is 4.72 Å². The molecule has 0 saturated heterocycles. The van der Waals surface area contributed by atoms with Crippen molar-refractivity contribution in [2.45, 2.75) is 63.6 Å². The highest BCUT2D eigenvalue weighted by atomic mass is 32.2. The Bertz CT molecular complexity index is 1460. The highest BCUT2D eigenvalue weighted by molar-refractivity contribution is 7.89. The number of rotatable bonds is 9. The Morgan fingerprint density at radius 3 is 2.00 bits per heavy atom. The Kier molecular flexibility index (Phi) is 10.3. The number of nitrogens with one attached hydrogen (secondary N) is 1. The van der Waals surface area contributed by atoms with Crippen LogP contribution in [0.1, 0.15) is 55.9 Å². The van der Waals surface area contributed by atoms with Gasteiger partial charge < -0.3 is 9.64 Å². The number of benzene rings is 3. The number of amides is 1. The van der Waals surface area contributed by atoms with Crippen LogP contribution < -0.4 is 4.72 Å². The molecule has 0 spiro atoms. The summed E-state index contributed by atoms with van der Waals surface area (Å²) in [6, 6.07) is 22.2. The van der Waals surface area contributed by atoms with Crippen LogP contribution in [0.5, 0.6) is 0 Å². The van der Waals surface area contributed by atoms with Crippen molar-refractivity contribution in [1.82, 2.24) is 9.62 Å². The van der Waals surface area contributed by atoms with Crippen LogP contribution in [0.25, 0.3) is 0 Å². The second-order valence-electron chi connectivity index (χ2n) is 10.6. The van der Waals surface area contributed by atoms with Crippen molar-refractivity contribution in [2.24, 2.45) is 0 Å². The molecule has 40 heavy (non-hydrogen) atoms. The Balaban J connectivity index is 1.71. The number of ether oxygens (including phenoxy) is 1. The molecule has 0 radical (unpaired) electrons. The highest BCUT2D eigenvalue weighted by Gasteiger charge is 2.30. The molecule has 0 aliphatic heterocycles. The minimum absolute atomic E-state index is 0.0190. The summed E-state index contributed by atoms with van der Waals surface area (Å²) in [7, 11) is -2.42. The molecule has 1 N–H and O–H groups in total. The molecule has 0 saturated carbocycles. The summed E-state index contributed by atoms with van der Waals surface area (Å²) in [5, 5.41) is 0. The van der Waals surface area contributed by atoms with Gasteiger partial charge in [-0.25, -0.2) is 8.42 Å². The minimum atomic E-state index is -4.09. The van der Waals surface area contributed by atoms with Crippen LogP contribution in [0, 0.1) is 18.8 Å². The van der Waals surface area contributed by atoms with Crippen LogP contribution >= 0.6 is 0 Å². The van der Waals surface area contributed by atoms with Crippen LogP contribution in [-0.2, 0) is 30.9 Å². The summed E-state index contributed by atoms with van der Waals surface area (Å²) in [6.07, 6.45) is -0.0878. The van der Waals surface area contributed by atoms with Crippen LogP contribution in [0.3, 0.4) is 0 Å². The maximum absolute atomic E-state index is 13.2. The lowest BCUT2D eigenvalue weighted by atomic mass is 10.1. The molecule has 3 aromatic rings. The van der Waals surface area contributed by atoms with E-state index in [1.54, 1.807) is 44.9 Å². The van der Waals surface area contributed by atoms with Gasteiger partial charge >= 0.3 is 5.97 Å². The Morgan fingerprint density at radius 2 is 1.45 bits per heavy atom. The molecule has 0 unspecified atom stereocenters. The molecule has 1 atom stereocenters. The Hall–Kier alpha value is -3.93. The average Bonchev–Trinajstić information content (AvgIpc) is 2.90. The maximum atomic E-state index is 13.2. The summed E-state index contributed by atoms with van der Waals surface area (Å²) >= 11 is 0. The first-order valence-electron chi connectivity index (χ1n) is 13.0. The molecule has 0 fully saturated rings. The molecule has 0 aliphatic carbocycles. The first kappa shape index (κ1) is 30.6. The third kappa shape index (κ3) is 9.67. The molecule has 8 heteroatoms. The lowest BCUT2D eigenvalue weighted by Gasteiger charge is -2.25. The van der Waals surface area contributed by atoms with Gasteiger partial charge in [0.2, 0.25) is 15.9 Å². The molecule has 0 heterocycles. The number of hydrogen-bond donors (Lipinski definition) is 1. The normalized spacial score (nSPS) is 12.1. The van der Waals surface area contributed by atoms with Crippen molar-refractivity contribution in [3.05, 3.63) is 101 Å².